The van der Waals surface area contributed by atoms with Crippen LogP contribution in [0.25, 0.3) is 0 Å². The Bertz CT molecular complexity index is 407. The molecule has 0 bridgehead atoms. The van der Waals surface area contributed by atoms with Crippen molar-refractivity contribution in [2.75, 3.05) is 26.8 Å². The number of rotatable bonds is 6. The summed E-state index contributed by atoms with van der Waals surface area (Å²) in [6.45, 7) is 5.33. The third-order valence-corrected chi connectivity index (χ3v) is 3.26. The lowest BCUT2D eigenvalue weighted by Crippen LogP contribution is -2.22. The number of hydrogen-bond donors (Lipinski definition) is 1. The normalized spacial score (nSPS) is 15.6. The average Bonchev–Trinajstić information content (AvgIpc) is 2.38. The van der Waals surface area contributed by atoms with Gasteiger partial charge >= 0.3 is 0 Å². The van der Waals surface area contributed by atoms with Gasteiger partial charge in [-0.2, -0.15) is 0 Å². The second-order valence-electron chi connectivity index (χ2n) is 5.34. The van der Waals surface area contributed by atoms with Gasteiger partial charge in [-0.25, -0.2) is 0 Å². The lowest BCUT2D eigenvalue weighted by Gasteiger charge is -2.21. The van der Waals surface area contributed by atoms with Crippen molar-refractivity contribution < 1.29 is 9.47 Å². The Hall–Kier alpha value is -1.26. The van der Waals surface area contributed by atoms with Crippen molar-refractivity contribution in [2.45, 2.75) is 32.4 Å². The van der Waals surface area contributed by atoms with Crippen molar-refractivity contribution in [1.29, 1.82) is 0 Å². The van der Waals surface area contributed by atoms with Crippen LogP contribution in [0.5, 0.6) is 11.5 Å². The minimum atomic E-state index is 0.294. The van der Waals surface area contributed by atoms with Crippen LogP contribution >= 0.6 is 0 Å². The zero-order valence-electron chi connectivity index (χ0n) is 11.9. The Morgan fingerprint density at radius 3 is 2.74 bits per heavy atom. The van der Waals surface area contributed by atoms with Gasteiger partial charge in [-0.15, -0.1) is 0 Å². The summed E-state index contributed by atoms with van der Waals surface area (Å²) in [7, 11) is 2.14. The second kappa shape index (κ2) is 6.78. The molecule has 19 heavy (non-hydrogen) atoms. The van der Waals surface area contributed by atoms with Crippen molar-refractivity contribution >= 4 is 0 Å². The fourth-order valence-corrected chi connectivity index (χ4v) is 2.26. The molecule has 0 saturated heterocycles. The lowest BCUT2D eigenvalue weighted by molar-refractivity contribution is 0.171. The standard InChI is InChI=1S/C15H24N2O2/c1-12(16)4-3-7-17(2)11-13-5-6-14-15(10-13)19-9-8-18-14/h5-6,10,12H,3-4,7-9,11,16H2,1-2H3. The number of hydrogen-bond acceptors (Lipinski definition) is 4. The molecule has 1 aliphatic rings. The minimum absolute atomic E-state index is 0.294. The molecule has 1 aromatic carbocycles. The first-order valence-corrected chi connectivity index (χ1v) is 6.98. The summed E-state index contributed by atoms with van der Waals surface area (Å²) in [6.07, 6.45) is 2.21. The molecule has 2 rings (SSSR count). The van der Waals surface area contributed by atoms with Gasteiger partial charge in [0.25, 0.3) is 0 Å². The smallest absolute Gasteiger partial charge is 0.161 e. The zero-order valence-corrected chi connectivity index (χ0v) is 11.9. The first-order valence-electron chi connectivity index (χ1n) is 6.98. The van der Waals surface area contributed by atoms with Gasteiger partial charge in [0.2, 0.25) is 0 Å². The molecule has 1 atom stereocenters. The molecule has 2 N–H and O–H groups in total. The van der Waals surface area contributed by atoms with Crippen molar-refractivity contribution in [1.82, 2.24) is 4.90 Å². The highest BCUT2D eigenvalue weighted by atomic mass is 16.6. The van der Waals surface area contributed by atoms with E-state index < -0.39 is 0 Å². The Kier molecular flexibility index (Phi) is 5.05. The predicted molar refractivity (Wildman–Crippen MR) is 76.6 cm³/mol. The van der Waals surface area contributed by atoms with Crippen LogP contribution in [0.2, 0.25) is 0 Å². The Labute approximate surface area is 115 Å². The van der Waals surface area contributed by atoms with E-state index in [0.717, 1.165) is 37.4 Å². The Morgan fingerprint density at radius 2 is 2.00 bits per heavy atom. The van der Waals surface area contributed by atoms with Gasteiger partial charge < -0.3 is 20.1 Å². The first kappa shape index (κ1) is 14.2. The topological polar surface area (TPSA) is 47.7 Å². The van der Waals surface area contributed by atoms with Gasteiger partial charge in [-0.3, -0.25) is 0 Å². The Balaban J connectivity index is 1.85. The number of fused-ring (bicyclic) bond motifs is 1. The van der Waals surface area contributed by atoms with Crippen molar-refractivity contribution in [3.05, 3.63) is 23.8 Å². The van der Waals surface area contributed by atoms with Crippen LogP contribution in [-0.4, -0.2) is 37.7 Å². The summed E-state index contributed by atoms with van der Waals surface area (Å²) in [6, 6.07) is 6.48. The van der Waals surface area contributed by atoms with E-state index in [0.29, 0.717) is 19.3 Å². The molecule has 0 fully saturated rings. The monoisotopic (exact) mass is 264 g/mol. The summed E-state index contributed by atoms with van der Waals surface area (Å²) < 4.78 is 11.1. The molecule has 1 aromatic rings. The maximum Gasteiger partial charge on any atom is 0.161 e. The molecule has 0 aliphatic carbocycles. The summed E-state index contributed by atoms with van der Waals surface area (Å²) in [5.41, 5.74) is 7.02. The number of ether oxygens (including phenoxy) is 2. The van der Waals surface area contributed by atoms with E-state index in [4.69, 9.17) is 15.2 Å². The fourth-order valence-electron chi connectivity index (χ4n) is 2.26. The molecule has 1 aliphatic heterocycles. The summed E-state index contributed by atoms with van der Waals surface area (Å²) in [4.78, 5) is 2.31. The van der Waals surface area contributed by atoms with Gasteiger partial charge in [0.1, 0.15) is 13.2 Å². The third kappa shape index (κ3) is 4.40. The molecule has 0 aromatic heterocycles. The van der Waals surface area contributed by atoms with Crippen molar-refractivity contribution in [3.63, 3.8) is 0 Å². The van der Waals surface area contributed by atoms with Gasteiger partial charge in [-0.05, 0) is 51.1 Å². The van der Waals surface area contributed by atoms with E-state index >= 15 is 0 Å². The molecule has 106 valence electrons. The highest BCUT2D eigenvalue weighted by Crippen LogP contribution is 2.30. The molecular formula is C15H24N2O2. The molecular weight excluding hydrogens is 240 g/mol. The van der Waals surface area contributed by atoms with Crippen LogP contribution in [0.4, 0.5) is 0 Å². The van der Waals surface area contributed by atoms with Crippen LogP contribution in [0.3, 0.4) is 0 Å². The quantitative estimate of drug-likeness (QED) is 0.854. The molecule has 4 heteroatoms. The highest BCUT2D eigenvalue weighted by Gasteiger charge is 2.12. The predicted octanol–water partition coefficient (Wildman–Crippen LogP) is 2.02. The van der Waals surface area contributed by atoms with E-state index in [1.807, 2.05) is 6.07 Å². The molecule has 4 nitrogen and oxygen atoms in total. The van der Waals surface area contributed by atoms with E-state index in [1.165, 1.54) is 5.56 Å². The summed E-state index contributed by atoms with van der Waals surface area (Å²) >= 11 is 0. The van der Waals surface area contributed by atoms with Crippen LogP contribution < -0.4 is 15.2 Å². The first-order chi connectivity index (χ1) is 9.15. The number of nitrogens with two attached hydrogens (primary N) is 1. The summed E-state index contributed by atoms with van der Waals surface area (Å²) in [5.74, 6) is 1.72. The van der Waals surface area contributed by atoms with Gasteiger partial charge in [-0.1, -0.05) is 6.07 Å². The maximum absolute atomic E-state index is 5.76. The largest absolute Gasteiger partial charge is 0.486 e. The number of benzene rings is 1. The van der Waals surface area contributed by atoms with E-state index in [9.17, 15) is 0 Å². The lowest BCUT2D eigenvalue weighted by atomic mass is 10.1. The summed E-state index contributed by atoms with van der Waals surface area (Å²) in [5, 5.41) is 0. The molecule has 0 spiro atoms. The molecule has 0 amide bonds. The van der Waals surface area contributed by atoms with E-state index in [-0.39, 0.29) is 0 Å². The van der Waals surface area contributed by atoms with E-state index in [2.05, 4.69) is 31.0 Å². The molecule has 1 unspecified atom stereocenters. The van der Waals surface area contributed by atoms with Crippen LogP contribution in [-0.2, 0) is 6.54 Å². The van der Waals surface area contributed by atoms with Gasteiger partial charge in [0.15, 0.2) is 11.5 Å². The van der Waals surface area contributed by atoms with Crippen LogP contribution in [0, 0.1) is 0 Å². The second-order valence-corrected chi connectivity index (χ2v) is 5.34. The van der Waals surface area contributed by atoms with E-state index in [1.54, 1.807) is 0 Å². The maximum atomic E-state index is 5.76. The average molecular weight is 264 g/mol. The number of nitrogens with zero attached hydrogens (tertiary/aromatic N) is 1. The SMILES string of the molecule is CC(N)CCCN(C)Cc1ccc2c(c1)OCCO2. The highest BCUT2D eigenvalue weighted by molar-refractivity contribution is 5.43. The van der Waals surface area contributed by atoms with Crippen molar-refractivity contribution in [2.24, 2.45) is 5.73 Å². The van der Waals surface area contributed by atoms with Crippen molar-refractivity contribution in [3.8, 4) is 11.5 Å². The molecule has 0 saturated carbocycles. The zero-order chi connectivity index (χ0) is 13.7. The van der Waals surface area contributed by atoms with Crippen LogP contribution in [0.1, 0.15) is 25.3 Å². The minimum Gasteiger partial charge on any atom is -0.486 e. The Morgan fingerprint density at radius 1 is 1.26 bits per heavy atom. The van der Waals surface area contributed by atoms with Gasteiger partial charge in [0, 0.05) is 12.6 Å². The molecule has 1 heterocycles. The molecule has 0 radical (unpaired) electrons. The fraction of sp³-hybridized carbons (Fsp3) is 0.600. The van der Waals surface area contributed by atoms with Gasteiger partial charge in [0.05, 0.1) is 0 Å². The third-order valence-electron chi connectivity index (χ3n) is 3.26. The van der Waals surface area contributed by atoms with Crippen LogP contribution in [0.15, 0.2) is 18.2 Å².